The maximum Gasteiger partial charge on any atom is 0.313 e. The van der Waals surface area contributed by atoms with Gasteiger partial charge in [0.2, 0.25) is 11.6 Å². The maximum absolute atomic E-state index is 13.3. The van der Waals surface area contributed by atoms with Crippen LogP contribution in [-0.2, 0) is 6.42 Å². The Morgan fingerprint density at radius 3 is 2.51 bits per heavy atom. The number of aromatic nitrogens is 3. The second-order valence-corrected chi connectivity index (χ2v) is 9.45. The number of nitro benzene ring substituents is 1. The zero-order valence-corrected chi connectivity index (χ0v) is 22.2. The molecule has 0 radical (unpaired) electrons. The quantitative estimate of drug-likeness (QED) is 0.135. The fourth-order valence-corrected chi connectivity index (χ4v) is 4.23. The van der Waals surface area contributed by atoms with Gasteiger partial charge in [-0.3, -0.25) is 25.0 Å². The molecule has 0 amide bonds. The lowest BCUT2D eigenvalue weighted by Crippen LogP contribution is -2.22. The molecule has 2 aromatic heterocycles. The molecular formula is C23H16Br2N6O6. The summed E-state index contributed by atoms with van der Waals surface area (Å²) >= 11 is 6.60. The number of aryl methyl sites for hydroxylation is 1. The third-order valence-electron chi connectivity index (χ3n) is 5.06. The van der Waals surface area contributed by atoms with Crippen LogP contribution in [0.5, 0.6) is 11.6 Å². The van der Waals surface area contributed by atoms with Crippen LogP contribution >= 0.6 is 31.9 Å². The summed E-state index contributed by atoms with van der Waals surface area (Å²) in [6, 6.07) is 10.3. The van der Waals surface area contributed by atoms with Crippen LogP contribution in [0.4, 0.5) is 11.4 Å². The zero-order chi connectivity index (χ0) is 26.7. The molecule has 2 aromatic carbocycles. The van der Waals surface area contributed by atoms with Gasteiger partial charge in [-0.15, -0.1) is 0 Å². The minimum Gasteiger partial charge on any atom is -0.431 e. The van der Waals surface area contributed by atoms with E-state index in [1.807, 2.05) is 6.92 Å². The molecule has 0 atom stereocenters. The number of ether oxygens (including phenoxy) is 1. The highest BCUT2D eigenvalue weighted by atomic mass is 79.9. The van der Waals surface area contributed by atoms with Gasteiger partial charge in [-0.2, -0.15) is 9.78 Å². The van der Waals surface area contributed by atoms with Crippen LogP contribution in [0.1, 0.15) is 24.7 Å². The van der Waals surface area contributed by atoms with E-state index in [2.05, 4.69) is 46.9 Å². The van der Waals surface area contributed by atoms with Gasteiger partial charge in [0.15, 0.2) is 0 Å². The van der Waals surface area contributed by atoms with Crippen LogP contribution < -0.4 is 10.3 Å². The Balaban J connectivity index is 1.85. The monoisotopic (exact) mass is 630 g/mol. The van der Waals surface area contributed by atoms with Crippen molar-refractivity contribution in [3.63, 3.8) is 0 Å². The first-order valence-electron chi connectivity index (χ1n) is 10.7. The van der Waals surface area contributed by atoms with Crippen molar-refractivity contribution in [1.29, 1.82) is 0 Å². The Labute approximate surface area is 225 Å². The normalized spacial score (nSPS) is 11.2. The SMILES string of the molecule is CCCc1nc2ccc(Br)cc2c(=O)n1N=Cc1cc(Br)cc([N+](=O)[O-])c1Oc1ccc([N+](=O)[O-])cn1. The lowest BCUT2D eigenvalue weighted by Gasteiger charge is -2.11. The molecular weight excluding hydrogens is 616 g/mol. The largest absolute Gasteiger partial charge is 0.431 e. The van der Waals surface area contributed by atoms with Crippen LogP contribution in [-0.4, -0.2) is 30.7 Å². The van der Waals surface area contributed by atoms with E-state index in [-0.39, 0.29) is 22.9 Å². The first-order chi connectivity index (χ1) is 17.7. The van der Waals surface area contributed by atoms with Gasteiger partial charge < -0.3 is 4.74 Å². The number of fused-ring (bicyclic) bond motifs is 1. The molecule has 0 fully saturated rings. The Bertz CT molecular complexity index is 1620. The van der Waals surface area contributed by atoms with Crippen molar-refractivity contribution < 1.29 is 14.6 Å². The summed E-state index contributed by atoms with van der Waals surface area (Å²) in [6.45, 7) is 1.94. The molecule has 0 aliphatic rings. The maximum atomic E-state index is 13.3. The van der Waals surface area contributed by atoms with Gasteiger partial charge in [0.25, 0.3) is 11.2 Å². The minimum atomic E-state index is -0.646. The van der Waals surface area contributed by atoms with Crippen molar-refractivity contribution in [3.8, 4) is 11.6 Å². The topological polar surface area (TPSA) is 156 Å². The Morgan fingerprint density at radius 1 is 1.08 bits per heavy atom. The molecule has 14 heteroatoms. The van der Waals surface area contributed by atoms with Crippen molar-refractivity contribution >= 4 is 60.4 Å². The van der Waals surface area contributed by atoms with Gasteiger partial charge in [-0.25, -0.2) is 9.97 Å². The molecule has 0 spiro atoms. The third-order valence-corrected chi connectivity index (χ3v) is 6.01. The number of nitrogens with zero attached hydrogens (tertiary/aromatic N) is 6. The summed E-state index contributed by atoms with van der Waals surface area (Å²) in [5, 5.41) is 27.4. The summed E-state index contributed by atoms with van der Waals surface area (Å²) in [4.78, 5) is 43.1. The molecule has 2 heterocycles. The van der Waals surface area contributed by atoms with Crippen molar-refractivity contribution in [1.82, 2.24) is 14.6 Å². The van der Waals surface area contributed by atoms with Crippen molar-refractivity contribution in [2.75, 3.05) is 0 Å². The van der Waals surface area contributed by atoms with E-state index in [1.165, 1.54) is 24.4 Å². The highest BCUT2D eigenvalue weighted by Crippen LogP contribution is 2.36. The first-order valence-corrected chi connectivity index (χ1v) is 12.3. The lowest BCUT2D eigenvalue weighted by molar-refractivity contribution is -0.385. The van der Waals surface area contributed by atoms with Crippen molar-refractivity contribution in [3.05, 3.63) is 99.6 Å². The molecule has 4 aromatic rings. The number of pyridine rings is 1. The number of hydrogen-bond donors (Lipinski definition) is 0. The summed E-state index contributed by atoms with van der Waals surface area (Å²) in [5.74, 6) is 0.106. The first kappa shape index (κ1) is 26.0. The number of rotatable bonds is 8. The third kappa shape index (κ3) is 5.70. The van der Waals surface area contributed by atoms with Gasteiger partial charge in [-0.1, -0.05) is 38.8 Å². The number of benzene rings is 2. The van der Waals surface area contributed by atoms with Crippen LogP contribution in [0.25, 0.3) is 10.9 Å². The summed E-state index contributed by atoms with van der Waals surface area (Å²) in [6.07, 6.45) is 3.40. The van der Waals surface area contributed by atoms with E-state index in [0.717, 1.165) is 16.9 Å². The predicted octanol–water partition coefficient (Wildman–Crippen LogP) is 5.76. The van der Waals surface area contributed by atoms with Gasteiger partial charge in [0.1, 0.15) is 12.0 Å². The lowest BCUT2D eigenvalue weighted by atomic mass is 10.2. The zero-order valence-electron chi connectivity index (χ0n) is 19.0. The molecule has 4 rings (SSSR count). The van der Waals surface area contributed by atoms with E-state index in [1.54, 1.807) is 18.2 Å². The number of nitro groups is 2. The molecule has 0 aliphatic carbocycles. The van der Waals surface area contributed by atoms with Crippen LogP contribution in [0.2, 0.25) is 0 Å². The van der Waals surface area contributed by atoms with E-state index in [9.17, 15) is 25.0 Å². The minimum absolute atomic E-state index is 0.105. The molecule has 188 valence electrons. The van der Waals surface area contributed by atoms with Gasteiger partial charge in [0, 0.05) is 39.1 Å². The van der Waals surface area contributed by atoms with Crippen molar-refractivity contribution in [2.45, 2.75) is 19.8 Å². The van der Waals surface area contributed by atoms with E-state index >= 15 is 0 Å². The number of hydrogen-bond acceptors (Lipinski definition) is 9. The van der Waals surface area contributed by atoms with Crippen LogP contribution in [0.3, 0.4) is 0 Å². The number of halogens is 2. The second kappa shape index (κ2) is 10.9. The molecule has 0 saturated carbocycles. The molecule has 0 saturated heterocycles. The average Bonchev–Trinajstić information content (AvgIpc) is 2.86. The molecule has 0 N–H and O–H groups in total. The Kier molecular flexibility index (Phi) is 7.69. The molecule has 0 unspecified atom stereocenters. The van der Waals surface area contributed by atoms with Gasteiger partial charge >= 0.3 is 5.69 Å². The predicted molar refractivity (Wildman–Crippen MR) is 142 cm³/mol. The Morgan fingerprint density at radius 2 is 1.86 bits per heavy atom. The fraction of sp³-hybridized carbons (Fsp3) is 0.130. The summed E-state index contributed by atoms with van der Waals surface area (Å²) in [7, 11) is 0. The second-order valence-electron chi connectivity index (χ2n) is 7.62. The smallest absolute Gasteiger partial charge is 0.313 e. The van der Waals surface area contributed by atoms with Gasteiger partial charge in [-0.05, 0) is 30.7 Å². The molecule has 0 aliphatic heterocycles. The van der Waals surface area contributed by atoms with Crippen LogP contribution in [0.15, 0.2) is 67.5 Å². The summed E-state index contributed by atoms with van der Waals surface area (Å²) < 4.78 is 7.90. The van der Waals surface area contributed by atoms with E-state index < -0.39 is 21.1 Å². The summed E-state index contributed by atoms with van der Waals surface area (Å²) in [5.41, 5.74) is -0.398. The highest BCUT2D eigenvalue weighted by Gasteiger charge is 2.22. The van der Waals surface area contributed by atoms with Crippen molar-refractivity contribution in [2.24, 2.45) is 5.10 Å². The standard InChI is InChI=1S/C23H16Br2N6O6/c1-2-3-20-28-18-6-4-14(24)9-17(18)23(32)29(20)27-11-13-8-15(25)10-19(31(35)36)22(13)37-21-7-5-16(12-26-21)30(33)34/h4-12H,2-3H2,1H3. The molecule has 12 nitrogen and oxygen atoms in total. The molecule has 37 heavy (non-hydrogen) atoms. The van der Waals surface area contributed by atoms with Crippen LogP contribution in [0, 0.1) is 20.2 Å². The Hall–Kier alpha value is -4.04. The van der Waals surface area contributed by atoms with E-state index in [4.69, 9.17) is 4.74 Å². The average molecular weight is 632 g/mol. The fourth-order valence-electron chi connectivity index (χ4n) is 3.41. The molecule has 0 bridgehead atoms. The highest BCUT2D eigenvalue weighted by molar-refractivity contribution is 9.10. The van der Waals surface area contributed by atoms with E-state index in [0.29, 0.717) is 38.5 Å². The van der Waals surface area contributed by atoms with Gasteiger partial charge in [0.05, 0.1) is 27.0 Å².